The Hall–Kier alpha value is -2.68. The van der Waals surface area contributed by atoms with Crippen LogP contribution in [0.3, 0.4) is 0 Å². The highest BCUT2D eigenvalue weighted by molar-refractivity contribution is 6.22. The molecule has 4 unspecified atom stereocenters. The molecular weight excluding hydrogens is 310 g/mol. The van der Waals surface area contributed by atoms with Crippen LogP contribution in [0.15, 0.2) is 66.7 Å². The van der Waals surface area contributed by atoms with Gasteiger partial charge in [-0.1, -0.05) is 54.6 Å². The van der Waals surface area contributed by atoms with Crippen LogP contribution in [0.1, 0.15) is 17.5 Å². The van der Waals surface area contributed by atoms with Crippen molar-refractivity contribution in [2.45, 2.75) is 12.8 Å². The Labute approximate surface area is 147 Å². The lowest BCUT2D eigenvalue weighted by Gasteiger charge is -2.17. The van der Waals surface area contributed by atoms with Crippen molar-refractivity contribution < 1.29 is 9.59 Å². The Morgan fingerprint density at radius 2 is 1.32 bits per heavy atom. The zero-order chi connectivity index (χ0) is 17.0. The minimum Gasteiger partial charge on any atom is -0.274 e. The third kappa shape index (κ3) is 2.19. The van der Waals surface area contributed by atoms with Gasteiger partial charge in [-0.2, -0.15) is 0 Å². The zero-order valence-corrected chi connectivity index (χ0v) is 13.8. The van der Waals surface area contributed by atoms with Gasteiger partial charge in [-0.25, -0.2) is 0 Å². The van der Waals surface area contributed by atoms with Crippen LogP contribution in [0.4, 0.5) is 5.69 Å². The van der Waals surface area contributed by atoms with Crippen molar-refractivity contribution in [2.24, 2.45) is 23.7 Å². The normalized spacial score (nSPS) is 29.5. The number of hydrogen-bond donors (Lipinski definition) is 0. The standard InChI is InChI=1S/C22H19NO2/c24-21-19-16-8-9-17(13-16)20(19)22(25)23(21)18-10-6-15(7-11-18)12-14-4-2-1-3-5-14/h1-11,16-17,19-20H,12-13H2. The molecule has 2 aromatic carbocycles. The van der Waals surface area contributed by atoms with Gasteiger partial charge in [0.2, 0.25) is 11.8 Å². The second kappa shape index (κ2) is 5.41. The summed E-state index contributed by atoms with van der Waals surface area (Å²) in [4.78, 5) is 27.1. The first-order valence-electron chi connectivity index (χ1n) is 8.91. The largest absolute Gasteiger partial charge is 0.274 e. The number of carbonyl (C=O) groups is 2. The fraction of sp³-hybridized carbons (Fsp3) is 0.273. The molecule has 4 atom stereocenters. The van der Waals surface area contributed by atoms with E-state index in [-0.39, 0.29) is 35.5 Å². The molecule has 2 aliphatic carbocycles. The molecule has 1 heterocycles. The lowest BCUT2D eigenvalue weighted by Crippen LogP contribution is -2.32. The van der Waals surface area contributed by atoms with Gasteiger partial charge in [0.15, 0.2) is 0 Å². The molecule has 1 saturated heterocycles. The van der Waals surface area contributed by atoms with Gasteiger partial charge in [0.1, 0.15) is 0 Å². The van der Waals surface area contributed by atoms with Crippen molar-refractivity contribution >= 4 is 17.5 Å². The Balaban J connectivity index is 1.39. The number of hydrogen-bond acceptors (Lipinski definition) is 2. The van der Waals surface area contributed by atoms with Gasteiger partial charge in [-0.05, 0) is 47.9 Å². The number of imide groups is 1. The topological polar surface area (TPSA) is 37.4 Å². The fourth-order valence-electron chi connectivity index (χ4n) is 4.75. The summed E-state index contributed by atoms with van der Waals surface area (Å²) in [5.74, 6) is 0.228. The van der Waals surface area contributed by atoms with E-state index in [9.17, 15) is 9.59 Å². The highest BCUT2D eigenvalue weighted by Gasteiger charge is 2.59. The number of anilines is 1. The number of fused-ring (bicyclic) bond motifs is 5. The van der Waals surface area contributed by atoms with Gasteiger partial charge in [0.25, 0.3) is 0 Å². The third-order valence-electron chi connectivity index (χ3n) is 5.92. The number of amides is 2. The molecule has 0 N–H and O–H groups in total. The van der Waals surface area contributed by atoms with Gasteiger partial charge in [-0.3, -0.25) is 14.5 Å². The molecule has 5 rings (SSSR count). The van der Waals surface area contributed by atoms with E-state index in [0.717, 1.165) is 12.8 Å². The summed E-state index contributed by atoms with van der Waals surface area (Å²) in [7, 11) is 0. The van der Waals surface area contributed by atoms with Crippen molar-refractivity contribution in [1.82, 2.24) is 0 Å². The van der Waals surface area contributed by atoms with E-state index in [4.69, 9.17) is 0 Å². The van der Waals surface area contributed by atoms with E-state index < -0.39 is 0 Å². The van der Waals surface area contributed by atoms with Crippen LogP contribution in [0, 0.1) is 23.7 Å². The van der Waals surface area contributed by atoms with Crippen molar-refractivity contribution in [1.29, 1.82) is 0 Å². The number of benzene rings is 2. The first-order valence-corrected chi connectivity index (χ1v) is 8.91. The Bertz CT molecular complexity index is 839. The summed E-state index contributed by atoms with van der Waals surface area (Å²) < 4.78 is 0. The van der Waals surface area contributed by atoms with Crippen molar-refractivity contribution in [3.63, 3.8) is 0 Å². The van der Waals surface area contributed by atoms with Gasteiger partial charge in [-0.15, -0.1) is 0 Å². The monoisotopic (exact) mass is 329 g/mol. The van der Waals surface area contributed by atoms with Gasteiger partial charge in [0, 0.05) is 0 Å². The van der Waals surface area contributed by atoms with Crippen LogP contribution in [0.25, 0.3) is 0 Å². The van der Waals surface area contributed by atoms with Gasteiger partial charge in [0.05, 0.1) is 17.5 Å². The molecule has 3 nitrogen and oxygen atoms in total. The molecule has 0 radical (unpaired) electrons. The average molecular weight is 329 g/mol. The first kappa shape index (κ1) is 14.6. The molecule has 2 fully saturated rings. The zero-order valence-electron chi connectivity index (χ0n) is 13.8. The number of carbonyl (C=O) groups excluding carboxylic acids is 2. The second-order valence-electron chi connectivity index (χ2n) is 7.34. The lowest BCUT2D eigenvalue weighted by molar-refractivity contribution is -0.123. The van der Waals surface area contributed by atoms with Gasteiger partial charge >= 0.3 is 0 Å². The molecule has 2 bridgehead atoms. The molecule has 0 aromatic heterocycles. The van der Waals surface area contributed by atoms with Crippen LogP contribution in [-0.4, -0.2) is 11.8 Å². The minimum absolute atomic E-state index is 0.0114. The highest BCUT2D eigenvalue weighted by atomic mass is 16.2. The molecule has 2 aromatic rings. The fourth-order valence-corrected chi connectivity index (χ4v) is 4.75. The molecule has 3 aliphatic rings. The molecule has 1 aliphatic heterocycles. The number of rotatable bonds is 3. The van der Waals surface area contributed by atoms with Crippen LogP contribution < -0.4 is 4.90 Å². The van der Waals surface area contributed by atoms with Crippen LogP contribution in [-0.2, 0) is 16.0 Å². The van der Waals surface area contributed by atoms with E-state index in [2.05, 4.69) is 24.3 Å². The maximum Gasteiger partial charge on any atom is 0.238 e. The summed E-state index contributed by atoms with van der Waals surface area (Å²) in [5.41, 5.74) is 3.14. The molecule has 25 heavy (non-hydrogen) atoms. The number of nitrogens with zero attached hydrogens (tertiary/aromatic N) is 1. The van der Waals surface area contributed by atoms with Gasteiger partial charge < -0.3 is 0 Å². The maximum absolute atomic E-state index is 12.8. The van der Waals surface area contributed by atoms with E-state index in [1.54, 1.807) is 0 Å². The smallest absolute Gasteiger partial charge is 0.238 e. The molecular formula is C22H19NO2. The second-order valence-corrected chi connectivity index (χ2v) is 7.34. The Morgan fingerprint density at radius 1 is 0.760 bits per heavy atom. The number of allylic oxidation sites excluding steroid dienone is 2. The minimum atomic E-state index is -0.133. The quantitative estimate of drug-likeness (QED) is 0.637. The SMILES string of the molecule is O=C1C2C3C=CC(C3)C2C(=O)N1c1ccc(Cc2ccccc2)cc1. The van der Waals surface area contributed by atoms with Crippen LogP contribution in [0.2, 0.25) is 0 Å². The maximum atomic E-state index is 12.8. The first-order chi connectivity index (χ1) is 12.2. The van der Waals surface area contributed by atoms with Crippen molar-refractivity contribution in [3.8, 4) is 0 Å². The summed E-state index contributed by atoms with van der Waals surface area (Å²) >= 11 is 0. The highest BCUT2D eigenvalue weighted by Crippen LogP contribution is 2.53. The summed E-state index contributed by atoms with van der Waals surface area (Å²) in [6, 6.07) is 18.1. The van der Waals surface area contributed by atoms with E-state index in [0.29, 0.717) is 5.69 Å². The van der Waals surface area contributed by atoms with E-state index >= 15 is 0 Å². The molecule has 2 amide bonds. The summed E-state index contributed by atoms with van der Waals surface area (Å²) in [6.07, 6.45) is 6.08. The summed E-state index contributed by atoms with van der Waals surface area (Å²) in [6.45, 7) is 0. The van der Waals surface area contributed by atoms with Crippen LogP contribution in [0.5, 0.6) is 0 Å². The molecule has 124 valence electrons. The Kier molecular flexibility index (Phi) is 3.17. The van der Waals surface area contributed by atoms with E-state index in [1.807, 2.05) is 42.5 Å². The van der Waals surface area contributed by atoms with E-state index in [1.165, 1.54) is 16.0 Å². The molecule has 1 saturated carbocycles. The molecule has 0 spiro atoms. The Morgan fingerprint density at radius 3 is 1.92 bits per heavy atom. The molecule has 3 heteroatoms. The van der Waals surface area contributed by atoms with Crippen molar-refractivity contribution in [3.05, 3.63) is 77.9 Å². The predicted octanol–water partition coefficient (Wildman–Crippen LogP) is 3.59. The third-order valence-corrected chi connectivity index (χ3v) is 5.92. The lowest BCUT2D eigenvalue weighted by atomic mass is 9.85. The average Bonchev–Trinajstić information content (AvgIpc) is 3.31. The summed E-state index contributed by atoms with van der Waals surface area (Å²) in [5, 5.41) is 0. The van der Waals surface area contributed by atoms with Crippen LogP contribution >= 0.6 is 0 Å². The predicted molar refractivity (Wildman–Crippen MR) is 95.9 cm³/mol. The van der Waals surface area contributed by atoms with Crippen molar-refractivity contribution in [2.75, 3.05) is 4.90 Å².